The van der Waals surface area contributed by atoms with Gasteiger partial charge in [0, 0.05) is 27.7 Å². The maximum atomic E-state index is 5.30. The lowest BCUT2D eigenvalue weighted by Crippen LogP contribution is -1.93. The molecule has 0 unspecified atom stereocenters. The van der Waals surface area contributed by atoms with Gasteiger partial charge >= 0.3 is 0 Å². The van der Waals surface area contributed by atoms with E-state index in [0.29, 0.717) is 0 Å². The van der Waals surface area contributed by atoms with Crippen molar-refractivity contribution in [2.75, 3.05) is 0 Å². The molecule has 12 rings (SSSR count). The number of pyridine rings is 3. The lowest BCUT2D eigenvalue weighted by molar-refractivity contribution is 1.29. The third-order valence-electron chi connectivity index (χ3n) is 10.6. The van der Waals surface area contributed by atoms with Gasteiger partial charge in [0.15, 0.2) is 0 Å². The predicted molar refractivity (Wildman–Crippen MR) is 207 cm³/mol. The monoisotopic (exact) mass is 635 g/mol. The number of imidazole rings is 2. The molecule has 0 spiro atoms. The summed E-state index contributed by atoms with van der Waals surface area (Å²) in [7, 11) is 0. The fourth-order valence-corrected chi connectivity index (χ4v) is 8.32. The van der Waals surface area contributed by atoms with E-state index in [-0.39, 0.29) is 0 Å². The van der Waals surface area contributed by atoms with Gasteiger partial charge in [-0.15, -0.1) is 0 Å². The lowest BCUT2D eigenvalue weighted by Gasteiger charge is -2.11. The highest BCUT2D eigenvalue weighted by Gasteiger charge is 2.17. The molecular weight excluding hydrogens is 611 g/mol. The number of hydrogen-bond donors (Lipinski definition) is 0. The van der Waals surface area contributed by atoms with Gasteiger partial charge in [0.1, 0.15) is 11.3 Å². The number of nitrogens with zero attached hydrogens (tertiary/aromatic N) is 5. The first-order valence-corrected chi connectivity index (χ1v) is 16.9. The molecule has 5 heteroatoms. The van der Waals surface area contributed by atoms with Crippen molar-refractivity contribution in [2.45, 2.75) is 0 Å². The van der Waals surface area contributed by atoms with Crippen molar-refractivity contribution in [1.29, 1.82) is 0 Å². The molecule has 0 amide bonds. The second kappa shape index (κ2) is 9.40. The molecule has 50 heavy (non-hydrogen) atoms. The zero-order chi connectivity index (χ0) is 32.5. The fourth-order valence-electron chi connectivity index (χ4n) is 8.32. The van der Waals surface area contributed by atoms with Gasteiger partial charge in [0.2, 0.25) is 0 Å². The highest BCUT2D eigenvalue weighted by Crippen LogP contribution is 2.38. The first-order chi connectivity index (χ1) is 24.8. The minimum atomic E-state index is 0.952. The van der Waals surface area contributed by atoms with E-state index >= 15 is 0 Å². The molecule has 5 heterocycles. The lowest BCUT2D eigenvalue weighted by atomic mass is 9.97. The second-order valence-corrected chi connectivity index (χ2v) is 13.3. The van der Waals surface area contributed by atoms with E-state index in [9.17, 15) is 0 Å². The summed E-state index contributed by atoms with van der Waals surface area (Å²) < 4.78 is 4.58. The van der Waals surface area contributed by atoms with Crippen molar-refractivity contribution in [1.82, 2.24) is 23.8 Å². The maximum Gasteiger partial charge on any atom is 0.146 e. The highest BCUT2D eigenvalue weighted by atomic mass is 15.0. The Morgan fingerprint density at radius 2 is 0.960 bits per heavy atom. The van der Waals surface area contributed by atoms with Gasteiger partial charge in [-0.2, -0.15) is 0 Å². The minimum Gasteiger partial charge on any atom is -0.292 e. The van der Waals surface area contributed by atoms with Crippen LogP contribution in [0.1, 0.15) is 0 Å². The molecule has 12 aromatic rings. The summed E-state index contributed by atoms with van der Waals surface area (Å²) in [4.78, 5) is 15.3. The molecule has 0 N–H and O–H groups in total. The molecule has 0 bridgehead atoms. The van der Waals surface area contributed by atoms with Gasteiger partial charge in [-0.25, -0.2) is 9.97 Å². The Morgan fingerprint density at radius 3 is 1.84 bits per heavy atom. The van der Waals surface area contributed by atoms with Gasteiger partial charge in [0.25, 0.3) is 0 Å². The number of para-hydroxylation sites is 3. The summed E-state index contributed by atoms with van der Waals surface area (Å²) in [5, 5.41) is 10.6. The van der Waals surface area contributed by atoms with E-state index in [4.69, 9.17) is 15.0 Å². The van der Waals surface area contributed by atoms with Gasteiger partial charge in [-0.3, -0.25) is 13.8 Å². The Balaban J connectivity index is 1.09. The zero-order valence-corrected chi connectivity index (χ0v) is 26.7. The molecule has 5 nitrogen and oxygen atoms in total. The van der Waals surface area contributed by atoms with E-state index in [1.165, 1.54) is 37.8 Å². The topological polar surface area (TPSA) is 47.5 Å². The van der Waals surface area contributed by atoms with E-state index in [1.807, 2.05) is 12.3 Å². The minimum absolute atomic E-state index is 0.952. The standard InChI is InChI=1S/C45H25N5/c1-2-9-27-22-36-34(21-26(27)8-1)43-42(14-7-19-46-43)50-41-18-17-30(25-38(41)48-45(36)50)28-15-16-29-23-35-33(24-31(29)20-28)32-10-3-5-12-39(32)49-40-13-6-4-11-37(40)47-44(35)49/h1-25H. The summed E-state index contributed by atoms with van der Waals surface area (Å²) in [6, 6.07) is 52.3. The van der Waals surface area contributed by atoms with Crippen LogP contribution in [0.5, 0.6) is 0 Å². The van der Waals surface area contributed by atoms with Gasteiger partial charge in [-0.1, -0.05) is 72.8 Å². The number of hydrogen-bond acceptors (Lipinski definition) is 3. The van der Waals surface area contributed by atoms with Crippen LogP contribution in [0.15, 0.2) is 152 Å². The number of fused-ring (bicyclic) bond motifs is 18. The summed E-state index contributed by atoms with van der Waals surface area (Å²) >= 11 is 0. The average Bonchev–Trinajstić information content (AvgIpc) is 3.76. The van der Waals surface area contributed by atoms with Gasteiger partial charge < -0.3 is 0 Å². The van der Waals surface area contributed by atoms with Crippen LogP contribution in [0.3, 0.4) is 0 Å². The zero-order valence-electron chi connectivity index (χ0n) is 26.7. The first kappa shape index (κ1) is 26.1. The average molecular weight is 636 g/mol. The van der Waals surface area contributed by atoms with Crippen molar-refractivity contribution in [2.24, 2.45) is 0 Å². The molecule has 0 saturated carbocycles. The van der Waals surface area contributed by atoms with Gasteiger partial charge in [0.05, 0.1) is 38.6 Å². The SMILES string of the molecule is c1ccc2cc3c(cc2c1)c1ncccc1n1c2ccc(-c4ccc5cc6c(cc5c4)c4ccccc4n4c5ccccc5nc64)cc2nc31. The maximum absolute atomic E-state index is 5.30. The van der Waals surface area contributed by atoms with Crippen LogP contribution < -0.4 is 0 Å². The van der Waals surface area contributed by atoms with Crippen LogP contribution in [0.4, 0.5) is 0 Å². The molecule has 0 aliphatic heterocycles. The number of rotatable bonds is 1. The Labute approximate surface area is 284 Å². The Morgan fingerprint density at radius 1 is 0.360 bits per heavy atom. The van der Waals surface area contributed by atoms with Crippen molar-refractivity contribution >= 4 is 98.4 Å². The molecule has 5 aromatic heterocycles. The Bertz CT molecular complexity index is 3440. The predicted octanol–water partition coefficient (Wildman–Crippen LogP) is 11.3. The summed E-state index contributed by atoms with van der Waals surface area (Å²) in [6.45, 7) is 0. The molecule has 230 valence electrons. The molecule has 0 aliphatic carbocycles. The normalized spacial score (nSPS) is 12.4. The fraction of sp³-hybridized carbons (Fsp3) is 0. The smallest absolute Gasteiger partial charge is 0.146 e. The van der Waals surface area contributed by atoms with E-state index in [2.05, 4.69) is 148 Å². The third kappa shape index (κ3) is 3.43. The first-order valence-electron chi connectivity index (χ1n) is 16.9. The quantitative estimate of drug-likeness (QED) is 0.133. The molecule has 0 fully saturated rings. The molecule has 0 atom stereocenters. The van der Waals surface area contributed by atoms with Crippen LogP contribution in [-0.4, -0.2) is 23.8 Å². The molecular formula is C45H25N5. The third-order valence-corrected chi connectivity index (χ3v) is 10.6. The largest absolute Gasteiger partial charge is 0.292 e. The van der Waals surface area contributed by atoms with E-state index in [0.717, 1.165) is 71.7 Å². The number of aromatic nitrogens is 5. The van der Waals surface area contributed by atoms with E-state index in [1.54, 1.807) is 0 Å². The van der Waals surface area contributed by atoms with Gasteiger partial charge in [-0.05, 0) is 111 Å². The molecule has 7 aromatic carbocycles. The van der Waals surface area contributed by atoms with Crippen LogP contribution in [0, 0.1) is 0 Å². The van der Waals surface area contributed by atoms with E-state index < -0.39 is 0 Å². The summed E-state index contributed by atoms with van der Waals surface area (Å²) in [5.74, 6) is 0. The highest BCUT2D eigenvalue weighted by molar-refractivity contribution is 6.18. The van der Waals surface area contributed by atoms with Crippen molar-refractivity contribution in [3.05, 3.63) is 152 Å². The summed E-state index contributed by atoms with van der Waals surface area (Å²) in [5.41, 5.74) is 11.6. The van der Waals surface area contributed by atoms with Crippen molar-refractivity contribution in [3.8, 4) is 11.1 Å². The van der Waals surface area contributed by atoms with Crippen LogP contribution >= 0.6 is 0 Å². The molecule has 0 saturated heterocycles. The van der Waals surface area contributed by atoms with Crippen molar-refractivity contribution < 1.29 is 0 Å². The van der Waals surface area contributed by atoms with Crippen molar-refractivity contribution in [3.63, 3.8) is 0 Å². The van der Waals surface area contributed by atoms with Crippen LogP contribution in [0.2, 0.25) is 0 Å². The molecule has 0 radical (unpaired) electrons. The Hall–Kier alpha value is -6.85. The summed E-state index contributed by atoms with van der Waals surface area (Å²) in [6.07, 6.45) is 1.88. The van der Waals surface area contributed by atoms with Crippen LogP contribution in [-0.2, 0) is 0 Å². The number of benzene rings is 7. The molecule has 0 aliphatic rings. The van der Waals surface area contributed by atoms with Crippen LogP contribution in [0.25, 0.3) is 110 Å². The Kier molecular flexibility index (Phi) is 4.91. The second-order valence-electron chi connectivity index (χ2n) is 13.3.